The van der Waals surface area contributed by atoms with E-state index in [-0.39, 0.29) is 12.1 Å². The minimum atomic E-state index is -0.138. The minimum Gasteiger partial charge on any atom is -0.396 e. The summed E-state index contributed by atoms with van der Waals surface area (Å²) in [5, 5.41) is 15.4. The minimum absolute atomic E-state index is 0.138. The highest BCUT2D eigenvalue weighted by molar-refractivity contribution is 5.43. The lowest BCUT2D eigenvalue weighted by Gasteiger charge is -2.29. The van der Waals surface area contributed by atoms with Gasteiger partial charge in [-0.3, -0.25) is 0 Å². The largest absolute Gasteiger partial charge is 0.396 e. The van der Waals surface area contributed by atoms with Crippen LogP contribution in [-0.2, 0) is 0 Å². The van der Waals surface area contributed by atoms with Gasteiger partial charge >= 0.3 is 0 Å². The van der Waals surface area contributed by atoms with Crippen molar-refractivity contribution in [3.05, 3.63) is 11.8 Å². The Kier molecular flexibility index (Phi) is 4.69. The van der Waals surface area contributed by atoms with Crippen LogP contribution in [0.1, 0.15) is 32.4 Å². The zero-order chi connectivity index (χ0) is 12.9. The van der Waals surface area contributed by atoms with Gasteiger partial charge in [0.25, 0.3) is 0 Å². The molecule has 5 heteroatoms. The maximum absolute atomic E-state index is 9.08. The van der Waals surface area contributed by atoms with Crippen LogP contribution in [0, 0.1) is 6.92 Å². The van der Waals surface area contributed by atoms with E-state index in [1.165, 1.54) is 0 Å². The smallest absolute Gasteiger partial charge is 0.224 e. The lowest BCUT2D eigenvalue weighted by atomic mass is 9.95. The van der Waals surface area contributed by atoms with Crippen molar-refractivity contribution < 1.29 is 5.11 Å². The van der Waals surface area contributed by atoms with Gasteiger partial charge in [-0.05, 0) is 26.7 Å². The molecule has 3 N–H and O–H groups in total. The monoisotopic (exact) mass is 238 g/mol. The number of rotatable bonds is 6. The van der Waals surface area contributed by atoms with E-state index in [4.69, 9.17) is 5.11 Å². The van der Waals surface area contributed by atoms with E-state index in [1.54, 1.807) is 7.05 Å². The van der Waals surface area contributed by atoms with E-state index in [0.717, 1.165) is 17.9 Å². The first-order chi connectivity index (χ1) is 8.03. The molecule has 0 saturated carbocycles. The molecule has 0 aliphatic carbocycles. The third kappa shape index (κ3) is 3.85. The van der Waals surface area contributed by atoms with Crippen LogP contribution in [-0.4, -0.2) is 34.3 Å². The highest BCUT2D eigenvalue weighted by atomic mass is 16.3. The van der Waals surface area contributed by atoms with Crippen LogP contribution in [0.5, 0.6) is 0 Å². The van der Waals surface area contributed by atoms with Crippen molar-refractivity contribution in [1.82, 2.24) is 9.97 Å². The molecule has 0 fully saturated rings. The molecule has 0 spiro atoms. The first-order valence-corrected chi connectivity index (χ1v) is 5.95. The number of anilines is 2. The molecule has 1 unspecified atom stereocenters. The number of hydrogen-bond donors (Lipinski definition) is 3. The molecule has 0 aliphatic heterocycles. The fourth-order valence-corrected chi connectivity index (χ4v) is 1.63. The average molecular weight is 238 g/mol. The summed E-state index contributed by atoms with van der Waals surface area (Å²) in [4.78, 5) is 8.59. The Morgan fingerprint density at radius 1 is 1.41 bits per heavy atom. The Hall–Kier alpha value is -1.36. The Balaban J connectivity index is 2.89. The van der Waals surface area contributed by atoms with Crippen molar-refractivity contribution in [3.8, 4) is 0 Å². The zero-order valence-electron chi connectivity index (χ0n) is 11.0. The number of nitrogens with one attached hydrogen (secondary N) is 2. The quantitative estimate of drug-likeness (QED) is 0.705. The molecule has 1 rings (SSSR count). The van der Waals surface area contributed by atoms with E-state index < -0.39 is 0 Å². The molecule has 1 aromatic rings. The van der Waals surface area contributed by atoms with Crippen molar-refractivity contribution in [1.29, 1.82) is 0 Å². The SMILES string of the molecule is CCC(C)(CCO)Nc1cc(C)nc(NC)n1. The lowest BCUT2D eigenvalue weighted by molar-refractivity contribution is 0.252. The number of aliphatic hydroxyl groups excluding tert-OH is 1. The summed E-state index contributed by atoms with van der Waals surface area (Å²) in [5.41, 5.74) is 0.773. The molecule has 0 saturated heterocycles. The van der Waals surface area contributed by atoms with Gasteiger partial charge in [-0.1, -0.05) is 6.92 Å². The van der Waals surface area contributed by atoms with E-state index in [2.05, 4.69) is 34.4 Å². The number of aliphatic hydroxyl groups is 1. The Morgan fingerprint density at radius 3 is 2.65 bits per heavy atom. The third-order valence-electron chi connectivity index (χ3n) is 2.95. The molecule has 1 heterocycles. The zero-order valence-corrected chi connectivity index (χ0v) is 11.0. The maximum Gasteiger partial charge on any atom is 0.224 e. The molecule has 17 heavy (non-hydrogen) atoms. The van der Waals surface area contributed by atoms with Gasteiger partial charge in [-0.2, -0.15) is 4.98 Å². The second kappa shape index (κ2) is 5.82. The van der Waals surface area contributed by atoms with Crippen molar-refractivity contribution in [3.63, 3.8) is 0 Å². The molecule has 1 aromatic heterocycles. The van der Waals surface area contributed by atoms with Crippen LogP contribution in [0.4, 0.5) is 11.8 Å². The summed E-state index contributed by atoms with van der Waals surface area (Å²) in [7, 11) is 1.80. The van der Waals surface area contributed by atoms with Gasteiger partial charge < -0.3 is 15.7 Å². The van der Waals surface area contributed by atoms with Crippen LogP contribution >= 0.6 is 0 Å². The predicted molar refractivity (Wildman–Crippen MR) is 70.3 cm³/mol. The standard InChI is InChI=1S/C12H22N4O/c1-5-12(3,6-7-17)16-10-8-9(2)14-11(13-4)15-10/h8,17H,5-7H2,1-4H3,(H2,13,14,15,16). The van der Waals surface area contributed by atoms with Crippen molar-refractivity contribution in [2.75, 3.05) is 24.3 Å². The molecular weight excluding hydrogens is 216 g/mol. The van der Waals surface area contributed by atoms with Gasteiger partial charge in [-0.15, -0.1) is 0 Å². The van der Waals surface area contributed by atoms with Crippen LogP contribution in [0.25, 0.3) is 0 Å². The Bertz CT molecular complexity index is 370. The first-order valence-electron chi connectivity index (χ1n) is 5.95. The molecule has 0 aliphatic rings. The van der Waals surface area contributed by atoms with Crippen LogP contribution in [0.2, 0.25) is 0 Å². The molecule has 96 valence electrons. The van der Waals surface area contributed by atoms with Crippen LogP contribution in [0.3, 0.4) is 0 Å². The fraction of sp³-hybridized carbons (Fsp3) is 0.667. The molecule has 0 bridgehead atoms. The summed E-state index contributed by atoms with van der Waals surface area (Å²) in [6.45, 7) is 6.28. The molecule has 0 amide bonds. The van der Waals surface area contributed by atoms with E-state index in [9.17, 15) is 0 Å². The molecule has 0 radical (unpaired) electrons. The van der Waals surface area contributed by atoms with Gasteiger partial charge in [0.05, 0.1) is 0 Å². The number of aryl methyl sites for hydroxylation is 1. The molecule has 1 atom stereocenters. The number of aromatic nitrogens is 2. The highest BCUT2D eigenvalue weighted by Crippen LogP contribution is 2.21. The fourth-order valence-electron chi connectivity index (χ4n) is 1.63. The highest BCUT2D eigenvalue weighted by Gasteiger charge is 2.21. The number of nitrogens with zero attached hydrogens (tertiary/aromatic N) is 2. The summed E-state index contributed by atoms with van der Waals surface area (Å²) >= 11 is 0. The maximum atomic E-state index is 9.08. The van der Waals surface area contributed by atoms with E-state index >= 15 is 0 Å². The summed E-state index contributed by atoms with van der Waals surface area (Å²) in [5.74, 6) is 1.40. The van der Waals surface area contributed by atoms with Gasteiger partial charge in [0, 0.05) is 31.0 Å². The molecule has 5 nitrogen and oxygen atoms in total. The van der Waals surface area contributed by atoms with E-state index in [0.29, 0.717) is 12.4 Å². The summed E-state index contributed by atoms with van der Waals surface area (Å²) in [6.07, 6.45) is 1.62. The lowest BCUT2D eigenvalue weighted by Crippen LogP contribution is -2.35. The van der Waals surface area contributed by atoms with Crippen LogP contribution < -0.4 is 10.6 Å². The Morgan fingerprint density at radius 2 is 2.12 bits per heavy atom. The van der Waals surface area contributed by atoms with Crippen molar-refractivity contribution >= 4 is 11.8 Å². The van der Waals surface area contributed by atoms with Gasteiger partial charge in [-0.25, -0.2) is 4.98 Å². The van der Waals surface area contributed by atoms with Crippen LogP contribution in [0.15, 0.2) is 6.07 Å². The Labute approximate surface area is 103 Å². The third-order valence-corrected chi connectivity index (χ3v) is 2.95. The average Bonchev–Trinajstić information content (AvgIpc) is 2.28. The van der Waals surface area contributed by atoms with Crippen molar-refractivity contribution in [2.45, 2.75) is 39.2 Å². The van der Waals surface area contributed by atoms with E-state index in [1.807, 2.05) is 13.0 Å². The first kappa shape index (κ1) is 13.7. The van der Waals surface area contributed by atoms with Crippen molar-refractivity contribution in [2.24, 2.45) is 0 Å². The predicted octanol–water partition coefficient (Wildman–Crippen LogP) is 1.79. The summed E-state index contributed by atoms with van der Waals surface area (Å²) < 4.78 is 0. The molecule has 0 aromatic carbocycles. The molecular formula is C12H22N4O. The van der Waals surface area contributed by atoms with Gasteiger partial charge in [0.1, 0.15) is 5.82 Å². The van der Waals surface area contributed by atoms with Gasteiger partial charge in [0.2, 0.25) is 5.95 Å². The second-order valence-electron chi connectivity index (χ2n) is 4.48. The second-order valence-corrected chi connectivity index (χ2v) is 4.48. The topological polar surface area (TPSA) is 70.1 Å². The number of hydrogen-bond acceptors (Lipinski definition) is 5. The summed E-state index contributed by atoms with van der Waals surface area (Å²) in [6, 6.07) is 1.91. The van der Waals surface area contributed by atoms with Gasteiger partial charge in [0.15, 0.2) is 0 Å². The normalized spacial score (nSPS) is 14.2.